The van der Waals surface area contributed by atoms with Gasteiger partial charge in [0.25, 0.3) is 0 Å². The van der Waals surface area contributed by atoms with Crippen LogP contribution in [0.2, 0.25) is 0 Å². The van der Waals surface area contributed by atoms with Crippen molar-refractivity contribution in [1.82, 2.24) is 0 Å². The van der Waals surface area contributed by atoms with Gasteiger partial charge in [0.1, 0.15) is 13.2 Å². The molecule has 0 atom stereocenters. The molecule has 0 amide bonds. The molecule has 2 N–H and O–H groups in total. The summed E-state index contributed by atoms with van der Waals surface area (Å²) in [5.74, 6) is -0.885. The average molecular weight is 263 g/mol. The highest BCUT2D eigenvalue weighted by atomic mass is 16.6. The van der Waals surface area contributed by atoms with Crippen LogP contribution in [0.4, 0.5) is 5.69 Å². The van der Waals surface area contributed by atoms with Gasteiger partial charge >= 0.3 is 11.9 Å². The zero-order chi connectivity index (χ0) is 14.3. The van der Waals surface area contributed by atoms with Crippen molar-refractivity contribution in [2.24, 2.45) is 0 Å². The Morgan fingerprint density at radius 1 is 1.26 bits per heavy atom. The van der Waals surface area contributed by atoms with Gasteiger partial charge in [0.05, 0.1) is 6.42 Å². The number of esters is 2. The number of ether oxygens (including phenoxy) is 2. The molecule has 0 aliphatic carbocycles. The minimum Gasteiger partial charge on any atom is -0.462 e. The Morgan fingerprint density at radius 2 is 1.95 bits per heavy atom. The zero-order valence-corrected chi connectivity index (χ0v) is 10.8. The first-order valence-corrected chi connectivity index (χ1v) is 5.81. The molecule has 102 valence electrons. The predicted molar refractivity (Wildman–Crippen MR) is 71.3 cm³/mol. The Hall–Kier alpha value is -2.30. The van der Waals surface area contributed by atoms with Crippen LogP contribution in [0.15, 0.2) is 36.4 Å². The fraction of sp³-hybridized carbons (Fsp3) is 0.286. The number of hydrogen-bond acceptors (Lipinski definition) is 5. The minimum absolute atomic E-state index is 0.0222. The second-order valence-corrected chi connectivity index (χ2v) is 4.06. The van der Waals surface area contributed by atoms with Crippen LogP contribution in [0.5, 0.6) is 0 Å². The van der Waals surface area contributed by atoms with Crippen LogP contribution in [0.3, 0.4) is 0 Å². The number of carbonyl (C=O) groups excluding carboxylic acids is 2. The topological polar surface area (TPSA) is 78.6 Å². The molecule has 0 saturated heterocycles. The summed E-state index contributed by atoms with van der Waals surface area (Å²) in [6.07, 6.45) is 0.138. The second kappa shape index (κ2) is 7.20. The van der Waals surface area contributed by atoms with E-state index in [2.05, 4.69) is 6.58 Å². The van der Waals surface area contributed by atoms with Crippen molar-refractivity contribution in [1.29, 1.82) is 0 Å². The summed E-state index contributed by atoms with van der Waals surface area (Å²) in [6.45, 7) is 5.04. The Kier molecular flexibility index (Phi) is 5.60. The number of anilines is 1. The summed E-state index contributed by atoms with van der Waals surface area (Å²) < 4.78 is 9.72. The number of carbonyl (C=O) groups is 2. The molecule has 0 spiro atoms. The van der Waals surface area contributed by atoms with Gasteiger partial charge in [-0.05, 0) is 24.6 Å². The fourth-order valence-corrected chi connectivity index (χ4v) is 1.33. The smallest absolute Gasteiger partial charge is 0.333 e. The van der Waals surface area contributed by atoms with E-state index in [1.54, 1.807) is 31.2 Å². The number of rotatable bonds is 6. The second-order valence-electron chi connectivity index (χ2n) is 4.06. The molecule has 0 aliphatic rings. The normalized spacial score (nSPS) is 9.74. The van der Waals surface area contributed by atoms with Crippen LogP contribution in [-0.4, -0.2) is 25.2 Å². The molecule has 0 saturated carbocycles. The summed E-state index contributed by atoms with van der Waals surface area (Å²) in [7, 11) is 0. The maximum atomic E-state index is 11.5. The summed E-state index contributed by atoms with van der Waals surface area (Å²) in [4.78, 5) is 22.5. The van der Waals surface area contributed by atoms with E-state index in [4.69, 9.17) is 15.2 Å². The van der Waals surface area contributed by atoms with Gasteiger partial charge in [0, 0.05) is 11.3 Å². The zero-order valence-electron chi connectivity index (χ0n) is 10.8. The van der Waals surface area contributed by atoms with Crippen molar-refractivity contribution in [3.63, 3.8) is 0 Å². The summed E-state index contributed by atoms with van der Waals surface area (Å²) in [5, 5.41) is 0. The monoisotopic (exact) mass is 263 g/mol. The molecule has 0 aliphatic heterocycles. The van der Waals surface area contributed by atoms with Crippen molar-refractivity contribution >= 4 is 17.6 Å². The lowest BCUT2D eigenvalue weighted by Gasteiger charge is -2.06. The van der Waals surface area contributed by atoms with E-state index in [1.165, 1.54) is 0 Å². The third kappa shape index (κ3) is 5.72. The van der Waals surface area contributed by atoms with E-state index < -0.39 is 11.9 Å². The largest absolute Gasteiger partial charge is 0.462 e. The van der Waals surface area contributed by atoms with E-state index in [9.17, 15) is 9.59 Å². The van der Waals surface area contributed by atoms with Crippen LogP contribution in [0.25, 0.3) is 0 Å². The lowest BCUT2D eigenvalue weighted by Crippen LogP contribution is -2.15. The standard InChI is InChI=1S/C14H17NO4/c1-10(2)14(17)19-7-6-18-13(16)9-11-4-3-5-12(15)8-11/h3-5,8H,1,6-7,9,15H2,2H3. The maximum Gasteiger partial charge on any atom is 0.333 e. The molecule has 0 radical (unpaired) electrons. The van der Waals surface area contributed by atoms with E-state index in [0.717, 1.165) is 5.56 Å². The van der Waals surface area contributed by atoms with Crippen molar-refractivity contribution in [3.8, 4) is 0 Å². The Balaban J connectivity index is 2.25. The first-order chi connectivity index (χ1) is 8.99. The fourth-order valence-electron chi connectivity index (χ4n) is 1.33. The third-order valence-electron chi connectivity index (χ3n) is 2.23. The molecule has 0 aromatic heterocycles. The first kappa shape index (κ1) is 14.8. The van der Waals surface area contributed by atoms with Crippen LogP contribution in [-0.2, 0) is 25.5 Å². The summed E-state index contributed by atoms with van der Waals surface area (Å²) >= 11 is 0. The SMILES string of the molecule is C=C(C)C(=O)OCCOC(=O)Cc1cccc(N)c1. The van der Waals surface area contributed by atoms with Crippen molar-refractivity contribution in [3.05, 3.63) is 42.0 Å². The van der Waals surface area contributed by atoms with Gasteiger partial charge in [0.15, 0.2) is 0 Å². The van der Waals surface area contributed by atoms with Gasteiger partial charge in [-0.2, -0.15) is 0 Å². The molecule has 5 heteroatoms. The Morgan fingerprint density at radius 3 is 2.58 bits per heavy atom. The molecule has 5 nitrogen and oxygen atoms in total. The number of hydrogen-bond donors (Lipinski definition) is 1. The molecule has 0 heterocycles. The molecule has 1 aromatic carbocycles. The highest BCUT2D eigenvalue weighted by Crippen LogP contribution is 2.07. The highest BCUT2D eigenvalue weighted by Gasteiger charge is 2.06. The molecule has 1 aromatic rings. The summed E-state index contributed by atoms with van der Waals surface area (Å²) in [5.41, 5.74) is 7.29. The van der Waals surface area contributed by atoms with E-state index in [0.29, 0.717) is 11.3 Å². The van der Waals surface area contributed by atoms with Gasteiger partial charge in [-0.1, -0.05) is 18.7 Å². The number of nitrogens with two attached hydrogens (primary N) is 1. The first-order valence-electron chi connectivity index (χ1n) is 5.81. The minimum atomic E-state index is -0.494. The van der Waals surface area contributed by atoms with Crippen LogP contribution < -0.4 is 5.73 Å². The number of benzene rings is 1. The lowest BCUT2D eigenvalue weighted by molar-refractivity contribution is -0.149. The van der Waals surface area contributed by atoms with Crippen LogP contribution in [0.1, 0.15) is 12.5 Å². The predicted octanol–water partition coefficient (Wildman–Crippen LogP) is 1.47. The molecular weight excluding hydrogens is 246 g/mol. The van der Waals surface area contributed by atoms with Crippen molar-refractivity contribution in [2.75, 3.05) is 18.9 Å². The van der Waals surface area contributed by atoms with Crippen LogP contribution in [0, 0.1) is 0 Å². The molecule has 0 fully saturated rings. The number of nitrogen functional groups attached to an aromatic ring is 1. The third-order valence-corrected chi connectivity index (χ3v) is 2.23. The van der Waals surface area contributed by atoms with E-state index in [-0.39, 0.29) is 19.6 Å². The van der Waals surface area contributed by atoms with Gasteiger partial charge in [-0.15, -0.1) is 0 Å². The van der Waals surface area contributed by atoms with Crippen molar-refractivity contribution < 1.29 is 19.1 Å². The molecule has 0 bridgehead atoms. The van der Waals surface area contributed by atoms with Gasteiger partial charge in [-0.25, -0.2) is 4.79 Å². The molecule has 1 rings (SSSR count). The van der Waals surface area contributed by atoms with Gasteiger partial charge < -0.3 is 15.2 Å². The Labute approximate surface area is 112 Å². The average Bonchev–Trinajstić information content (AvgIpc) is 2.34. The quantitative estimate of drug-likeness (QED) is 0.364. The van der Waals surface area contributed by atoms with E-state index >= 15 is 0 Å². The van der Waals surface area contributed by atoms with Crippen LogP contribution >= 0.6 is 0 Å². The van der Waals surface area contributed by atoms with Gasteiger partial charge in [0.2, 0.25) is 0 Å². The molecule has 19 heavy (non-hydrogen) atoms. The Bertz CT molecular complexity index is 482. The molecule has 0 unspecified atom stereocenters. The van der Waals surface area contributed by atoms with Crippen molar-refractivity contribution in [2.45, 2.75) is 13.3 Å². The molecular formula is C14H17NO4. The maximum absolute atomic E-state index is 11.5. The van der Waals surface area contributed by atoms with E-state index in [1.807, 2.05) is 0 Å². The lowest BCUT2D eigenvalue weighted by atomic mass is 10.1. The summed E-state index contributed by atoms with van der Waals surface area (Å²) in [6, 6.07) is 7.01. The van der Waals surface area contributed by atoms with Gasteiger partial charge in [-0.3, -0.25) is 4.79 Å². The highest BCUT2D eigenvalue weighted by molar-refractivity contribution is 5.86.